The Labute approximate surface area is 93.2 Å². The first-order valence-corrected chi connectivity index (χ1v) is 5.60. The topological polar surface area (TPSA) is 0 Å². The highest BCUT2D eigenvalue weighted by Gasteiger charge is 2.08. The summed E-state index contributed by atoms with van der Waals surface area (Å²) in [5.74, 6) is 6.41. The molecule has 2 rings (SSSR count). The number of hydrogen-bond donors (Lipinski definition) is 0. The lowest BCUT2D eigenvalue weighted by molar-refractivity contribution is 0.916. The highest BCUT2D eigenvalue weighted by Crippen LogP contribution is 2.29. The third-order valence-corrected chi connectivity index (χ3v) is 3.16. The molecule has 0 saturated carbocycles. The fraction of sp³-hybridized carbons (Fsp3) is 0.231. The highest BCUT2D eigenvalue weighted by molar-refractivity contribution is 9.11. The van der Waals surface area contributed by atoms with E-state index in [2.05, 4.69) is 27.8 Å². The van der Waals surface area contributed by atoms with Gasteiger partial charge in [0.1, 0.15) is 0 Å². The average Bonchev–Trinajstić information content (AvgIpc) is 2.63. The summed E-state index contributed by atoms with van der Waals surface area (Å²) >= 11 is 3.56. The SMILES string of the molecule is BrC1=C(C#Cc2ccccc2)CCC1. The molecule has 0 unspecified atom stereocenters. The molecule has 0 atom stereocenters. The van der Waals surface area contributed by atoms with Gasteiger partial charge >= 0.3 is 0 Å². The summed E-state index contributed by atoms with van der Waals surface area (Å²) < 4.78 is 1.29. The first-order valence-electron chi connectivity index (χ1n) is 4.81. The predicted octanol–water partition coefficient (Wildman–Crippen LogP) is 3.87. The van der Waals surface area contributed by atoms with Crippen LogP contribution in [0.3, 0.4) is 0 Å². The number of hydrogen-bond acceptors (Lipinski definition) is 0. The van der Waals surface area contributed by atoms with E-state index >= 15 is 0 Å². The summed E-state index contributed by atoms with van der Waals surface area (Å²) in [4.78, 5) is 0. The van der Waals surface area contributed by atoms with Crippen LogP contribution in [0.5, 0.6) is 0 Å². The average molecular weight is 247 g/mol. The normalized spacial score (nSPS) is 15.2. The van der Waals surface area contributed by atoms with E-state index in [1.807, 2.05) is 30.3 Å². The third kappa shape index (κ3) is 2.27. The zero-order chi connectivity index (χ0) is 9.80. The van der Waals surface area contributed by atoms with Gasteiger partial charge in [0.25, 0.3) is 0 Å². The predicted molar refractivity (Wildman–Crippen MR) is 63.1 cm³/mol. The molecule has 1 aliphatic rings. The van der Waals surface area contributed by atoms with Gasteiger partial charge < -0.3 is 0 Å². The summed E-state index contributed by atoms with van der Waals surface area (Å²) in [7, 11) is 0. The van der Waals surface area contributed by atoms with Crippen LogP contribution in [-0.2, 0) is 0 Å². The van der Waals surface area contributed by atoms with Gasteiger partial charge in [-0.2, -0.15) is 0 Å². The first-order chi connectivity index (χ1) is 6.86. The lowest BCUT2D eigenvalue weighted by Gasteiger charge is -1.89. The standard InChI is InChI=1S/C13H11Br/c14-13-8-4-7-12(13)10-9-11-5-2-1-3-6-11/h1-3,5-6H,4,7-8H2. The Hall–Kier alpha value is -1.00. The molecular weight excluding hydrogens is 236 g/mol. The molecule has 0 spiro atoms. The van der Waals surface area contributed by atoms with Crippen LogP contribution < -0.4 is 0 Å². The summed E-state index contributed by atoms with van der Waals surface area (Å²) in [6, 6.07) is 10.1. The second kappa shape index (κ2) is 4.48. The van der Waals surface area contributed by atoms with Gasteiger partial charge in [0.2, 0.25) is 0 Å². The minimum Gasteiger partial charge on any atom is -0.0653 e. The molecule has 0 bridgehead atoms. The molecule has 0 amide bonds. The van der Waals surface area contributed by atoms with Gasteiger partial charge in [-0.1, -0.05) is 46.0 Å². The Morgan fingerprint density at radius 1 is 1.00 bits per heavy atom. The van der Waals surface area contributed by atoms with Crippen molar-refractivity contribution >= 4 is 15.9 Å². The maximum Gasteiger partial charge on any atom is 0.0248 e. The highest BCUT2D eigenvalue weighted by atomic mass is 79.9. The zero-order valence-corrected chi connectivity index (χ0v) is 9.47. The number of allylic oxidation sites excluding steroid dienone is 2. The van der Waals surface area contributed by atoms with Crippen molar-refractivity contribution in [2.24, 2.45) is 0 Å². The Kier molecular flexibility index (Phi) is 3.06. The minimum atomic E-state index is 1.09. The van der Waals surface area contributed by atoms with Crippen LogP contribution in [0.1, 0.15) is 24.8 Å². The van der Waals surface area contributed by atoms with Crippen molar-refractivity contribution in [2.45, 2.75) is 19.3 Å². The van der Waals surface area contributed by atoms with Crippen LogP contribution in [-0.4, -0.2) is 0 Å². The van der Waals surface area contributed by atoms with E-state index in [4.69, 9.17) is 0 Å². The molecule has 0 nitrogen and oxygen atoms in total. The Morgan fingerprint density at radius 2 is 1.79 bits per heavy atom. The van der Waals surface area contributed by atoms with Crippen LogP contribution in [0.2, 0.25) is 0 Å². The fourth-order valence-corrected chi connectivity index (χ4v) is 2.08. The van der Waals surface area contributed by atoms with Crippen LogP contribution >= 0.6 is 15.9 Å². The third-order valence-electron chi connectivity index (χ3n) is 2.28. The molecule has 0 fully saturated rings. The van der Waals surface area contributed by atoms with E-state index in [-0.39, 0.29) is 0 Å². The number of benzene rings is 1. The van der Waals surface area contributed by atoms with Crippen molar-refractivity contribution in [2.75, 3.05) is 0 Å². The van der Waals surface area contributed by atoms with Crippen LogP contribution in [0.4, 0.5) is 0 Å². The van der Waals surface area contributed by atoms with E-state index in [0.717, 1.165) is 18.4 Å². The van der Waals surface area contributed by atoms with Crippen molar-refractivity contribution in [3.05, 3.63) is 46.0 Å². The molecule has 1 aliphatic carbocycles. The van der Waals surface area contributed by atoms with Gasteiger partial charge in [0, 0.05) is 15.6 Å². The molecule has 1 aromatic rings. The van der Waals surface area contributed by atoms with Crippen LogP contribution in [0.25, 0.3) is 0 Å². The van der Waals surface area contributed by atoms with E-state index in [9.17, 15) is 0 Å². The maximum absolute atomic E-state index is 3.56. The number of rotatable bonds is 0. The molecular formula is C13H11Br. The molecule has 70 valence electrons. The molecule has 0 aliphatic heterocycles. The van der Waals surface area contributed by atoms with Crippen LogP contribution in [0, 0.1) is 11.8 Å². The van der Waals surface area contributed by atoms with E-state index < -0.39 is 0 Å². The molecule has 1 heteroatoms. The van der Waals surface area contributed by atoms with Crippen molar-refractivity contribution in [3.8, 4) is 11.8 Å². The molecule has 0 N–H and O–H groups in total. The van der Waals surface area contributed by atoms with Gasteiger partial charge in [-0.15, -0.1) is 0 Å². The monoisotopic (exact) mass is 246 g/mol. The fourth-order valence-electron chi connectivity index (χ4n) is 1.51. The van der Waals surface area contributed by atoms with Gasteiger partial charge in [-0.3, -0.25) is 0 Å². The van der Waals surface area contributed by atoms with Gasteiger partial charge in [-0.05, 0) is 31.4 Å². The number of halogens is 1. The molecule has 0 heterocycles. The van der Waals surface area contributed by atoms with Gasteiger partial charge in [0.05, 0.1) is 0 Å². The minimum absolute atomic E-state index is 1.09. The maximum atomic E-state index is 3.56. The van der Waals surface area contributed by atoms with E-state index in [1.165, 1.54) is 16.5 Å². The van der Waals surface area contributed by atoms with Crippen LogP contribution in [0.15, 0.2) is 40.4 Å². The molecule has 0 saturated heterocycles. The van der Waals surface area contributed by atoms with Crippen molar-refractivity contribution in [3.63, 3.8) is 0 Å². The molecule has 0 aromatic heterocycles. The van der Waals surface area contributed by atoms with Crippen molar-refractivity contribution in [1.29, 1.82) is 0 Å². The second-order valence-corrected chi connectivity index (χ2v) is 4.31. The Morgan fingerprint density at radius 3 is 2.43 bits per heavy atom. The lowest BCUT2D eigenvalue weighted by atomic mass is 10.2. The summed E-state index contributed by atoms with van der Waals surface area (Å²) in [6.45, 7) is 0. The largest absolute Gasteiger partial charge is 0.0653 e. The summed E-state index contributed by atoms with van der Waals surface area (Å²) in [6.07, 6.45) is 3.51. The van der Waals surface area contributed by atoms with E-state index in [0.29, 0.717) is 0 Å². The zero-order valence-electron chi connectivity index (χ0n) is 7.89. The molecule has 14 heavy (non-hydrogen) atoms. The summed E-state index contributed by atoms with van der Waals surface area (Å²) in [5.41, 5.74) is 2.36. The Balaban J connectivity index is 2.19. The van der Waals surface area contributed by atoms with Crippen molar-refractivity contribution < 1.29 is 0 Å². The first kappa shape index (κ1) is 9.55. The quantitative estimate of drug-likeness (QED) is 0.610. The van der Waals surface area contributed by atoms with E-state index in [1.54, 1.807) is 0 Å². The van der Waals surface area contributed by atoms with Gasteiger partial charge in [-0.25, -0.2) is 0 Å². The smallest absolute Gasteiger partial charge is 0.0248 e. The molecule has 1 aromatic carbocycles. The summed E-state index contributed by atoms with van der Waals surface area (Å²) in [5, 5.41) is 0. The Bertz CT molecular complexity index is 404. The molecule has 0 radical (unpaired) electrons. The second-order valence-electron chi connectivity index (χ2n) is 3.35. The van der Waals surface area contributed by atoms with Crippen molar-refractivity contribution in [1.82, 2.24) is 0 Å². The lowest BCUT2D eigenvalue weighted by Crippen LogP contribution is -1.74. The van der Waals surface area contributed by atoms with Gasteiger partial charge in [0.15, 0.2) is 0 Å².